The maximum absolute atomic E-state index is 10.6. The van der Waals surface area contributed by atoms with Gasteiger partial charge in [-0.1, -0.05) is 19.1 Å². The summed E-state index contributed by atoms with van der Waals surface area (Å²) in [5.74, 6) is 0.252. The van der Waals surface area contributed by atoms with E-state index in [4.69, 9.17) is 0 Å². The highest BCUT2D eigenvalue weighted by molar-refractivity contribution is 5.79. The van der Waals surface area contributed by atoms with E-state index in [1.165, 1.54) is 25.9 Å². The molecule has 1 aromatic heterocycles. The van der Waals surface area contributed by atoms with Gasteiger partial charge >= 0.3 is 0 Å². The van der Waals surface area contributed by atoms with E-state index >= 15 is 0 Å². The average Bonchev–Trinajstić information content (AvgIpc) is 2.99. The van der Waals surface area contributed by atoms with E-state index in [1.54, 1.807) is 6.20 Å². The minimum atomic E-state index is -0.403. The van der Waals surface area contributed by atoms with Crippen LogP contribution in [0.15, 0.2) is 36.5 Å². The summed E-state index contributed by atoms with van der Waals surface area (Å²) in [5.41, 5.74) is 1.98. The number of benzene rings is 1. The molecule has 3 nitrogen and oxygen atoms in total. The van der Waals surface area contributed by atoms with E-state index in [0.717, 1.165) is 23.0 Å². The first kappa shape index (κ1) is 13.5. The Morgan fingerprint density at radius 1 is 1.25 bits per heavy atom. The van der Waals surface area contributed by atoms with Crippen molar-refractivity contribution in [3.05, 3.63) is 42.1 Å². The lowest BCUT2D eigenvalue weighted by atomic mass is 9.96. The lowest BCUT2D eigenvalue weighted by Crippen LogP contribution is -2.28. The Morgan fingerprint density at radius 3 is 2.85 bits per heavy atom. The number of fused-ring (bicyclic) bond motifs is 1. The molecule has 2 heterocycles. The first-order valence-corrected chi connectivity index (χ1v) is 7.49. The van der Waals surface area contributed by atoms with Crippen LogP contribution in [-0.4, -0.2) is 34.6 Å². The standard InChI is InChI=1S/C17H22N2O/c1-13(12-19-9-2-3-10-19)17(20)15-6-7-16-14(11-15)5-4-8-18-16/h4-8,11,13,17,20H,2-3,9-10,12H2,1H3/t13-,17?/m1/s1. The second-order valence-corrected chi connectivity index (χ2v) is 5.89. The summed E-state index contributed by atoms with van der Waals surface area (Å²) in [6.45, 7) is 5.47. The maximum atomic E-state index is 10.6. The zero-order valence-electron chi connectivity index (χ0n) is 12.0. The maximum Gasteiger partial charge on any atom is 0.0828 e. The molecule has 1 aliphatic heterocycles. The van der Waals surface area contributed by atoms with Crippen LogP contribution in [0.25, 0.3) is 10.9 Å². The molecule has 20 heavy (non-hydrogen) atoms. The van der Waals surface area contributed by atoms with Crippen LogP contribution in [0.2, 0.25) is 0 Å². The first-order chi connectivity index (χ1) is 9.74. The van der Waals surface area contributed by atoms with Crippen LogP contribution in [0.1, 0.15) is 31.4 Å². The van der Waals surface area contributed by atoms with Crippen molar-refractivity contribution in [2.75, 3.05) is 19.6 Å². The number of likely N-dealkylation sites (tertiary alicyclic amines) is 1. The van der Waals surface area contributed by atoms with Crippen LogP contribution >= 0.6 is 0 Å². The molecule has 1 unspecified atom stereocenters. The molecule has 106 valence electrons. The number of pyridine rings is 1. The fraction of sp³-hybridized carbons (Fsp3) is 0.471. The summed E-state index contributed by atoms with van der Waals surface area (Å²) >= 11 is 0. The van der Waals surface area contributed by atoms with Gasteiger partial charge in [0.05, 0.1) is 11.6 Å². The third-order valence-electron chi connectivity index (χ3n) is 4.25. The monoisotopic (exact) mass is 270 g/mol. The normalized spacial score (nSPS) is 19.3. The van der Waals surface area contributed by atoms with Crippen molar-refractivity contribution in [2.24, 2.45) is 5.92 Å². The number of aromatic nitrogens is 1. The highest BCUT2D eigenvalue weighted by atomic mass is 16.3. The molecule has 1 aliphatic rings. The quantitative estimate of drug-likeness (QED) is 0.928. The highest BCUT2D eigenvalue weighted by Gasteiger charge is 2.21. The van der Waals surface area contributed by atoms with E-state index in [0.29, 0.717) is 0 Å². The molecule has 0 spiro atoms. The summed E-state index contributed by atoms with van der Waals surface area (Å²) in [6.07, 6.45) is 3.99. The topological polar surface area (TPSA) is 36.4 Å². The molecular weight excluding hydrogens is 248 g/mol. The van der Waals surface area contributed by atoms with Crippen molar-refractivity contribution in [3.8, 4) is 0 Å². The summed E-state index contributed by atoms with van der Waals surface area (Å²) in [7, 11) is 0. The SMILES string of the molecule is C[C@H](CN1CCCC1)C(O)c1ccc2ncccc2c1. The molecule has 1 aromatic carbocycles. The molecule has 3 rings (SSSR count). The zero-order chi connectivity index (χ0) is 13.9. The second-order valence-electron chi connectivity index (χ2n) is 5.89. The minimum Gasteiger partial charge on any atom is -0.388 e. The Balaban J connectivity index is 1.75. The molecule has 0 bridgehead atoms. The van der Waals surface area contributed by atoms with E-state index in [1.807, 2.05) is 24.3 Å². The number of hydrogen-bond acceptors (Lipinski definition) is 3. The summed E-state index contributed by atoms with van der Waals surface area (Å²) in [4.78, 5) is 6.77. The smallest absolute Gasteiger partial charge is 0.0828 e. The van der Waals surface area contributed by atoms with Gasteiger partial charge in [0.25, 0.3) is 0 Å². The summed E-state index contributed by atoms with van der Waals surface area (Å²) < 4.78 is 0. The van der Waals surface area contributed by atoms with E-state index < -0.39 is 6.10 Å². The Bertz CT molecular complexity index is 578. The molecule has 1 fully saturated rings. The van der Waals surface area contributed by atoms with Crippen molar-refractivity contribution >= 4 is 10.9 Å². The molecule has 0 amide bonds. The Labute approximate surface area is 120 Å². The van der Waals surface area contributed by atoms with Gasteiger partial charge in [0.1, 0.15) is 0 Å². The third kappa shape index (κ3) is 2.84. The fourth-order valence-corrected chi connectivity index (χ4v) is 3.08. The van der Waals surface area contributed by atoms with E-state index in [9.17, 15) is 5.11 Å². The molecular formula is C17H22N2O. The first-order valence-electron chi connectivity index (χ1n) is 7.49. The Hall–Kier alpha value is -1.45. The molecule has 1 saturated heterocycles. The number of rotatable bonds is 4. The molecule has 0 aliphatic carbocycles. The molecule has 1 N–H and O–H groups in total. The third-order valence-corrected chi connectivity index (χ3v) is 4.25. The lowest BCUT2D eigenvalue weighted by molar-refractivity contribution is 0.0947. The van der Waals surface area contributed by atoms with Gasteiger partial charge in [-0.25, -0.2) is 0 Å². The van der Waals surface area contributed by atoms with Gasteiger partial charge < -0.3 is 10.0 Å². The van der Waals surface area contributed by atoms with Crippen molar-refractivity contribution in [1.29, 1.82) is 0 Å². The van der Waals surface area contributed by atoms with E-state index in [-0.39, 0.29) is 5.92 Å². The number of nitrogens with zero attached hydrogens (tertiary/aromatic N) is 2. The van der Waals surface area contributed by atoms with Crippen LogP contribution in [0.3, 0.4) is 0 Å². The molecule has 0 saturated carbocycles. The van der Waals surface area contributed by atoms with Gasteiger partial charge in [-0.15, -0.1) is 0 Å². The van der Waals surface area contributed by atoms with Gasteiger partial charge in [-0.2, -0.15) is 0 Å². The van der Waals surface area contributed by atoms with Crippen molar-refractivity contribution in [1.82, 2.24) is 9.88 Å². The predicted molar refractivity (Wildman–Crippen MR) is 81.5 cm³/mol. The fourth-order valence-electron chi connectivity index (χ4n) is 3.08. The number of aliphatic hydroxyl groups excluding tert-OH is 1. The summed E-state index contributed by atoms with van der Waals surface area (Å²) in [6, 6.07) is 10.0. The van der Waals surface area contributed by atoms with Crippen LogP contribution in [0.5, 0.6) is 0 Å². The Morgan fingerprint density at radius 2 is 2.05 bits per heavy atom. The average molecular weight is 270 g/mol. The predicted octanol–water partition coefficient (Wildman–Crippen LogP) is 3.00. The van der Waals surface area contributed by atoms with Gasteiger partial charge in [-0.05, 0) is 55.6 Å². The van der Waals surface area contributed by atoms with Crippen molar-refractivity contribution in [2.45, 2.75) is 25.9 Å². The van der Waals surface area contributed by atoms with Gasteiger partial charge in [0.2, 0.25) is 0 Å². The highest BCUT2D eigenvalue weighted by Crippen LogP contribution is 2.26. The van der Waals surface area contributed by atoms with Crippen molar-refractivity contribution in [3.63, 3.8) is 0 Å². The molecule has 3 heteroatoms. The van der Waals surface area contributed by atoms with Gasteiger partial charge in [0.15, 0.2) is 0 Å². The molecule has 2 aromatic rings. The van der Waals surface area contributed by atoms with Gasteiger partial charge in [0, 0.05) is 18.1 Å². The molecule has 0 radical (unpaired) electrons. The number of hydrogen-bond donors (Lipinski definition) is 1. The van der Waals surface area contributed by atoms with Gasteiger partial charge in [-0.3, -0.25) is 4.98 Å². The van der Waals surface area contributed by atoms with Crippen LogP contribution in [0, 0.1) is 5.92 Å². The van der Waals surface area contributed by atoms with Crippen LogP contribution in [-0.2, 0) is 0 Å². The van der Waals surface area contributed by atoms with E-state index in [2.05, 4.69) is 22.9 Å². The zero-order valence-corrected chi connectivity index (χ0v) is 12.0. The second kappa shape index (κ2) is 5.90. The van der Waals surface area contributed by atoms with Crippen LogP contribution in [0.4, 0.5) is 0 Å². The molecule has 2 atom stereocenters. The Kier molecular flexibility index (Phi) is 3.99. The lowest BCUT2D eigenvalue weighted by Gasteiger charge is -2.24. The van der Waals surface area contributed by atoms with Crippen molar-refractivity contribution < 1.29 is 5.11 Å². The largest absolute Gasteiger partial charge is 0.388 e. The minimum absolute atomic E-state index is 0.252. The number of aliphatic hydroxyl groups is 1. The summed E-state index contributed by atoms with van der Waals surface area (Å²) in [5, 5.41) is 11.7. The van der Waals surface area contributed by atoms with Crippen LogP contribution < -0.4 is 0 Å².